The molecule has 1 amide bonds. The molecule has 0 aliphatic rings. The van der Waals surface area contributed by atoms with Crippen LogP contribution in [0.3, 0.4) is 0 Å². The van der Waals surface area contributed by atoms with Gasteiger partial charge < -0.3 is 5.32 Å². The highest BCUT2D eigenvalue weighted by Crippen LogP contribution is 2.27. The Balaban J connectivity index is 0.000000400. The van der Waals surface area contributed by atoms with E-state index in [4.69, 9.17) is 0 Å². The van der Waals surface area contributed by atoms with Crippen molar-refractivity contribution in [1.29, 1.82) is 0 Å². The van der Waals surface area contributed by atoms with Gasteiger partial charge in [0.2, 0.25) is 5.91 Å². The Morgan fingerprint density at radius 2 is 1.50 bits per heavy atom. The van der Waals surface area contributed by atoms with Crippen LogP contribution >= 0.6 is 0 Å². The molecule has 0 spiro atoms. The number of anilines is 1. The summed E-state index contributed by atoms with van der Waals surface area (Å²) in [4.78, 5) is 22.2. The third-order valence-corrected chi connectivity index (χ3v) is 2.75. The molecule has 128 valence electrons. The van der Waals surface area contributed by atoms with Crippen LogP contribution in [0, 0.1) is 5.82 Å². The van der Waals surface area contributed by atoms with Gasteiger partial charge in [0.05, 0.1) is 11.3 Å². The smallest absolute Gasteiger partial charge is 0.325 e. The number of carbonyl (C=O) groups excluding carboxylic acids is 2. The lowest BCUT2D eigenvalue weighted by atomic mass is 10.1. The first-order valence-electron chi connectivity index (χ1n) is 6.96. The Hall–Kier alpha value is -2.70. The Morgan fingerprint density at radius 1 is 1.00 bits per heavy atom. The molecule has 0 fully saturated rings. The van der Waals surface area contributed by atoms with Gasteiger partial charge in [-0.3, -0.25) is 9.59 Å². The van der Waals surface area contributed by atoms with Crippen LogP contribution in [0.1, 0.15) is 23.7 Å². The van der Waals surface area contributed by atoms with Gasteiger partial charge in [-0.1, -0.05) is 43.3 Å². The Morgan fingerprint density at radius 3 is 1.92 bits per heavy atom. The second-order valence-corrected chi connectivity index (χ2v) is 4.57. The topological polar surface area (TPSA) is 46.2 Å². The summed E-state index contributed by atoms with van der Waals surface area (Å²) in [7, 11) is 0. The molecule has 2 aromatic carbocycles. The van der Waals surface area contributed by atoms with Crippen molar-refractivity contribution in [1.82, 2.24) is 0 Å². The molecule has 2 rings (SSSR count). The number of amides is 1. The van der Waals surface area contributed by atoms with Crippen LogP contribution in [-0.4, -0.2) is 17.9 Å². The van der Waals surface area contributed by atoms with Gasteiger partial charge in [0.15, 0.2) is 0 Å². The first kappa shape index (κ1) is 19.3. The summed E-state index contributed by atoms with van der Waals surface area (Å²) in [6.07, 6.45) is -5.08. The number of hydrogen-bond acceptors (Lipinski definition) is 2. The molecule has 2 aromatic rings. The van der Waals surface area contributed by atoms with Crippen LogP contribution in [0.2, 0.25) is 0 Å². The van der Waals surface area contributed by atoms with Gasteiger partial charge in [-0.15, -0.1) is 0 Å². The van der Waals surface area contributed by atoms with Crippen molar-refractivity contribution in [2.24, 2.45) is 0 Å². The van der Waals surface area contributed by atoms with Crippen molar-refractivity contribution in [2.75, 3.05) is 5.32 Å². The number of ketones is 1. The summed E-state index contributed by atoms with van der Waals surface area (Å²) >= 11 is 0. The van der Waals surface area contributed by atoms with E-state index in [0.29, 0.717) is 12.1 Å². The van der Waals surface area contributed by atoms with E-state index in [1.165, 1.54) is 6.92 Å². The molecule has 0 saturated carbocycles. The highest BCUT2D eigenvalue weighted by molar-refractivity contribution is 6.07. The van der Waals surface area contributed by atoms with E-state index in [1.54, 1.807) is 0 Å². The molecule has 0 unspecified atom stereocenters. The number of carbonyl (C=O) groups is 2. The average molecular weight is 341 g/mol. The van der Waals surface area contributed by atoms with Gasteiger partial charge in [-0.25, -0.2) is 4.39 Å². The number of alkyl halides is 3. The summed E-state index contributed by atoms with van der Waals surface area (Å²) in [5.41, 5.74) is -1.27. The van der Waals surface area contributed by atoms with Crippen LogP contribution in [0.15, 0.2) is 54.6 Å². The van der Waals surface area contributed by atoms with Crippen molar-refractivity contribution in [3.63, 3.8) is 0 Å². The van der Waals surface area contributed by atoms with E-state index in [2.05, 4.69) is 5.32 Å². The van der Waals surface area contributed by atoms with E-state index >= 15 is 0 Å². The fourth-order valence-corrected chi connectivity index (χ4v) is 1.59. The Bertz CT molecular complexity index is 658. The zero-order valence-electron chi connectivity index (χ0n) is 12.7. The zero-order valence-corrected chi connectivity index (χ0v) is 12.7. The van der Waals surface area contributed by atoms with Gasteiger partial charge in [-0.05, 0) is 18.2 Å². The number of benzene rings is 2. The molecule has 0 aromatic heterocycles. The van der Waals surface area contributed by atoms with Crippen LogP contribution in [0.25, 0.3) is 0 Å². The molecule has 1 N–H and O–H groups in total. The second kappa shape index (κ2) is 8.81. The minimum atomic E-state index is -5.08. The molecule has 7 heteroatoms. The molecule has 3 nitrogen and oxygen atoms in total. The molecule has 0 saturated heterocycles. The number of rotatable bonds is 3. The van der Waals surface area contributed by atoms with Crippen molar-refractivity contribution >= 4 is 17.4 Å². The molecule has 0 atom stereocenters. The number of nitrogens with one attached hydrogen (secondary N) is 1. The molecule has 24 heavy (non-hydrogen) atoms. The highest BCUT2D eigenvalue weighted by Gasteiger charge is 2.40. The first-order chi connectivity index (χ1) is 11.3. The SMILES string of the molecule is CCC(=O)Nc1cc(F)ccc1C(=O)C(F)(F)F.c1ccccc1. The fraction of sp³-hybridized carbons (Fsp3) is 0.176. The summed E-state index contributed by atoms with van der Waals surface area (Å²) in [6, 6.07) is 14.1. The van der Waals surface area contributed by atoms with E-state index in [9.17, 15) is 27.2 Å². The normalized spacial score (nSPS) is 10.4. The van der Waals surface area contributed by atoms with E-state index in [-0.39, 0.29) is 6.42 Å². The minimum absolute atomic E-state index is 0.00381. The summed E-state index contributed by atoms with van der Waals surface area (Å²) < 4.78 is 49.8. The van der Waals surface area contributed by atoms with Crippen molar-refractivity contribution in [2.45, 2.75) is 19.5 Å². The predicted molar refractivity (Wildman–Crippen MR) is 82.1 cm³/mol. The van der Waals surface area contributed by atoms with Crippen LogP contribution in [-0.2, 0) is 4.79 Å². The third-order valence-electron chi connectivity index (χ3n) is 2.75. The van der Waals surface area contributed by atoms with Gasteiger partial charge in [0.1, 0.15) is 5.82 Å². The van der Waals surface area contributed by atoms with Gasteiger partial charge in [-0.2, -0.15) is 13.2 Å². The largest absolute Gasteiger partial charge is 0.454 e. The molecular weight excluding hydrogens is 326 g/mol. The first-order valence-corrected chi connectivity index (χ1v) is 6.96. The predicted octanol–water partition coefficient (Wildman–Crippen LogP) is 4.61. The Labute approximate surface area is 136 Å². The van der Waals surface area contributed by atoms with E-state index < -0.39 is 34.9 Å². The highest BCUT2D eigenvalue weighted by atomic mass is 19.4. The van der Waals surface area contributed by atoms with Gasteiger partial charge in [0, 0.05) is 6.42 Å². The molecular formula is C17H15F4NO2. The maximum atomic E-state index is 12.9. The third kappa shape index (κ3) is 6.20. The lowest BCUT2D eigenvalue weighted by molar-refractivity contribution is -0.115. The molecule has 0 radical (unpaired) electrons. The van der Waals surface area contributed by atoms with Gasteiger partial charge >= 0.3 is 6.18 Å². The standard InChI is InChI=1S/C11H9F4NO2.C6H6/c1-2-9(17)16-8-5-6(12)3-4-7(8)10(18)11(13,14)15;1-2-4-6-5-3-1/h3-5H,2H2,1H3,(H,16,17);1-6H. The molecule has 0 bridgehead atoms. The molecule has 0 heterocycles. The van der Waals surface area contributed by atoms with Crippen molar-refractivity contribution in [3.8, 4) is 0 Å². The van der Waals surface area contributed by atoms with Crippen LogP contribution in [0.5, 0.6) is 0 Å². The van der Waals surface area contributed by atoms with E-state index in [0.717, 1.165) is 6.07 Å². The van der Waals surface area contributed by atoms with Crippen molar-refractivity contribution in [3.05, 3.63) is 66.0 Å². The van der Waals surface area contributed by atoms with E-state index in [1.807, 2.05) is 36.4 Å². The zero-order chi connectivity index (χ0) is 18.2. The van der Waals surface area contributed by atoms with Crippen LogP contribution < -0.4 is 5.32 Å². The summed E-state index contributed by atoms with van der Waals surface area (Å²) in [5.74, 6) is -3.59. The maximum absolute atomic E-state index is 12.9. The van der Waals surface area contributed by atoms with Crippen molar-refractivity contribution < 1.29 is 27.2 Å². The lowest BCUT2D eigenvalue weighted by Gasteiger charge is -2.11. The molecule has 0 aliphatic carbocycles. The number of hydrogen-bond donors (Lipinski definition) is 1. The number of halogens is 4. The average Bonchev–Trinajstić information content (AvgIpc) is 2.55. The quantitative estimate of drug-likeness (QED) is 0.655. The summed E-state index contributed by atoms with van der Waals surface area (Å²) in [6.45, 7) is 1.47. The maximum Gasteiger partial charge on any atom is 0.454 e. The lowest BCUT2D eigenvalue weighted by Crippen LogP contribution is -2.24. The monoisotopic (exact) mass is 341 g/mol. The fourth-order valence-electron chi connectivity index (χ4n) is 1.59. The number of Topliss-reactive ketones (excluding diaryl/α,β-unsaturated/α-hetero) is 1. The van der Waals surface area contributed by atoms with Crippen LogP contribution in [0.4, 0.5) is 23.2 Å². The Kier molecular flexibility index (Phi) is 7.10. The minimum Gasteiger partial charge on any atom is -0.325 e. The molecule has 0 aliphatic heterocycles. The summed E-state index contributed by atoms with van der Waals surface area (Å²) in [5, 5.41) is 2.05. The second-order valence-electron chi connectivity index (χ2n) is 4.57. The van der Waals surface area contributed by atoms with Gasteiger partial charge in [0.25, 0.3) is 5.78 Å².